The summed E-state index contributed by atoms with van der Waals surface area (Å²) in [5.74, 6) is 0.825. The van der Waals surface area contributed by atoms with Crippen molar-refractivity contribution in [2.75, 3.05) is 0 Å². The minimum absolute atomic E-state index is 0.0174. The highest BCUT2D eigenvalue weighted by atomic mass is 16.5. The number of hydrogen-bond acceptors (Lipinski definition) is 6. The predicted octanol–water partition coefficient (Wildman–Crippen LogP) is 8.64. The van der Waals surface area contributed by atoms with E-state index in [9.17, 15) is 25.5 Å². The summed E-state index contributed by atoms with van der Waals surface area (Å²) in [5, 5.41) is 53.8. The molecule has 6 nitrogen and oxygen atoms in total. The van der Waals surface area contributed by atoms with Crippen LogP contribution >= 0.6 is 0 Å². The molecule has 0 spiro atoms. The first-order valence-electron chi connectivity index (χ1n) is 15.3. The van der Waals surface area contributed by atoms with Crippen molar-refractivity contribution in [3.63, 3.8) is 0 Å². The molecule has 0 saturated carbocycles. The van der Waals surface area contributed by atoms with Crippen molar-refractivity contribution in [3.8, 4) is 34.5 Å². The largest absolute Gasteiger partial charge is 0.508 e. The van der Waals surface area contributed by atoms with Crippen LogP contribution < -0.4 is 4.74 Å². The van der Waals surface area contributed by atoms with E-state index in [2.05, 4.69) is 40.7 Å². The second-order valence-corrected chi connectivity index (χ2v) is 13.0. The maximum absolute atomic E-state index is 11.7. The maximum Gasteiger partial charge on any atom is 0.138 e. The van der Waals surface area contributed by atoms with Gasteiger partial charge in [0.2, 0.25) is 0 Å². The van der Waals surface area contributed by atoms with Crippen molar-refractivity contribution in [3.05, 3.63) is 70.3 Å². The van der Waals surface area contributed by atoms with Crippen molar-refractivity contribution in [2.45, 2.75) is 110 Å². The van der Waals surface area contributed by atoms with Gasteiger partial charge in [-0.2, -0.15) is 0 Å². The van der Waals surface area contributed by atoms with Crippen LogP contribution in [0.4, 0.5) is 0 Å². The van der Waals surface area contributed by atoms with Crippen LogP contribution in [0.15, 0.2) is 42.5 Å². The SMILES string of the molecule is CCCC(CC)(Cc1cc(C(C)C)c(O)cc1O)c1cc2c(cc1O)OC(C)(c1ccc(O)cc1O)C(C)C2(C)CC. The lowest BCUT2D eigenvalue weighted by molar-refractivity contribution is -0.0330. The van der Waals surface area contributed by atoms with Gasteiger partial charge in [0, 0.05) is 51.6 Å². The van der Waals surface area contributed by atoms with Crippen molar-refractivity contribution in [2.24, 2.45) is 5.92 Å². The van der Waals surface area contributed by atoms with Crippen LogP contribution in [0, 0.1) is 5.92 Å². The molecular formula is C36H48O6. The van der Waals surface area contributed by atoms with Crippen molar-refractivity contribution in [1.29, 1.82) is 0 Å². The second-order valence-electron chi connectivity index (χ2n) is 13.0. The Morgan fingerprint density at radius 2 is 1.52 bits per heavy atom. The topological polar surface area (TPSA) is 110 Å². The van der Waals surface area contributed by atoms with Crippen molar-refractivity contribution in [1.82, 2.24) is 0 Å². The van der Waals surface area contributed by atoms with Gasteiger partial charge < -0.3 is 30.3 Å². The number of rotatable bonds is 9. The number of phenols is 5. The minimum atomic E-state index is -0.917. The van der Waals surface area contributed by atoms with Gasteiger partial charge in [-0.1, -0.05) is 54.9 Å². The van der Waals surface area contributed by atoms with Gasteiger partial charge in [0.25, 0.3) is 0 Å². The van der Waals surface area contributed by atoms with E-state index in [1.165, 1.54) is 12.1 Å². The van der Waals surface area contributed by atoms with E-state index < -0.39 is 11.0 Å². The molecule has 1 aliphatic heterocycles. The van der Waals surface area contributed by atoms with Crippen LogP contribution in [-0.4, -0.2) is 25.5 Å². The molecule has 3 aromatic carbocycles. The van der Waals surface area contributed by atoms with Gasteiger partial charge in [-0.25, -0.2) is 0 Å². The molecule has 0 bridgehead atoms. The molecular weight excluding hydrogens is 528 g/mol. The van der Waals surface area contributed by atoms with Crippen molar-refractivity contribution >= 4 is 0 Å². The lowest BCUT2D eigenvalue weighted by Gasteiger charge is -2.52. The molecule has 0 amide bonds. The molecule has 0 radical (unpaired) electrons. The predicted molar refractivity (Wildman–Crippen MR) is 167 cm³/mol. The van der Waals surface area contributed by atoms with Crippen LogP contribution in [0.1, 0.15) is 115 Å². The van der Waals surface area contributed by atoms with Crippen LogP contribution in [-0.2, 0) is 22.9 Å². The van der Waals surface area contributed by atoms with E-state index in [1.807, 2.05) is 26.8 Å². The Bertz CT molecular complexity index is 1460. The van der Waals surface area contributed by atoms with E-state index in [0.717, 1.165) is 47.9 Å². The third-order valence-corrected chi connectivity index (χ3v) is 10.4. The Labute approximate surface area is 250 Å². The van der Waals surface area contributed by atoms with Crippen LogP contribution in [0.3, 0.4) is 0 Å². The number of benzene rings is 3. The third kappa shape index (κ3) is 5.03. The van der Waals surface area contributed by atoms with Crippen LogP contribution in [0.2, 0.25) is 0 Å². The van der Waals surface area contributed by atoms with Crippen LogP contribution in [0.5, 0.6) is 34.5 Å². The van der Waals surface area contributed by atoms with Gasteiger partial charge >= 0.3 is 0 Å². The minimum Gasteiger partial charge on any atom is -0.508 e. The number of aromatic hydroxyl groups is 5. The second kappa shape index (κ2) is 11.3. The first-order chi connectivity index (χ1) is 19.7. The highest BCUT2D eigenvalue weighted by molar-refractivity contribution is 5.57. The standard InChI is InChI=1S/C36H48O6/c1-9-14-36(11-3,20-23-15-25(21(4)5)30(39)18-29(23)38)27-17-28-33(19-32(27)41)42-35(8,22(6)34(28,7)10-2)26-13-12-24(37)16-31(26)40/h12-13,15-19,21-22,37-41H,9-11,14,20H2,1-8H3. The molecule has 1 heterocycles. The Balaban J connectivity index is 1.91. The van der Waals surface area contributed by atoms with Gasteiger partial charge in [-0.15, -0.1) is 0 Å². The zero-order valence-electron chi connectivity index (χ0n) is 26.4. The first-order valence-corrected chi connectivity index (χ1v) is 15.3. The first kappa shape index (κ1) is 31.4. The number of ether oxygens (including phenoxy) is 1. The zero-order chi connectivity index (χ0) is 31.2. The summed E-state index contributed by atoms with van der Waals surface area (Å²) in [6, 6.07) is 11.8. The van der Waals surface area contributed by atoms with Gasteiger partial charge in [0.15, 0.2) is 0 Å². The molecule has 3 aromatic rings. The molecule has 5 N–H and O–H groups in total. The van der Waals surface area contributed by atoms with E-state index >= 15 is 0 Å². The molecule has 4 atom stereocenters. The molecule has 42 heavy (non-hydrogen) atoms. The van der Waals surface area contributed by atoms with Crippen molar-refractivity contribution < 1.29 is 30.3 Å². The number of hydrogen-bond donors (Lipinski definition) is 5. The smallest absolute Gasteiger partial charge is 0.138 e. The highest BCUT2D eigenvalue weighted by Crippen LogP contribution is 2.58. The molecule has 6 heteroatoms. The summed E-state index contributed by atoms with van der Waals surface area (Å²) in [4.78, 5) is 0. The lowest BCUT2D eigenvalue weighted by Crippen LogP contribution is -2.51. The summed E-state index contributed by atoms with van der Waals surface area (Å²) in [7, 11) is 0. The number of fused-ring (bicyclic) bond motifs is 1. The quantitative estimate of drug-likeness (QED) is 0.174. The average Bonchev–Trinajstić information content (AvgIpc) is 2.92. The fourth-order valence-electron chi connectivity index (χ4n) is 7.31. The van der Waals surface area contributed by atoms with Crippen LogP contribution in [0.25, 0.3) is 0 Å². The molecule has 4 rings (SSSR count). The maximum atomic E-state index is 11.7. The molecule has 1 aliphatic rings. The zero-order valence-corrected chi connectivity index (χ0v) is 26.4. The Hall–Kier alpha value is -3.54. The summed E-state index contributed by atoms with van der Waals surface area (Å²) in [5.41, 5.74) is 2.21. The van der Waals surface area contributed by atoms with E-state index in [-0.39, 0.29) is 46.0 Å². The van der Waals surface area contributed by atoms with E-state index in [4.69, 9.17) is 4.74 Å². The molecule has 4 unspecified atom stereocenters. The van der Waals surface area contributed by atoms with Gasteiger partial charge in [0.1, 0.15) is 40.1 Å². The van der Waals surface area contributed by atoms with Gasteiger partial charge in [-0.05, 0) is 73.9 Å². The summed E-state index contributed by atoms with van der Waals surface area (Å²) in [6.45, 7) is 16.7. The molecule has 228 valence electrons. The van der Waals surface area contributed by atoms with E-state index in [0.29, 0.717) is 17.7 Å². The monoisotopic (exact) mass is 576 g/mol. The average molecular weight is 577 g/mol. The third-order valence-electron chi connectivity index (χ3n) is 10.4. The molecule has 0 saturated heterocycles. The Morgan fingerprint density at radius 1 is 0.833 bits per heavy atom. The fraction of sp³-hybridized carbons (Fsp3) is 0.500. The summed E-state index contributed by atoms with van der Waals surface area (Å²) < 4.78 is 6.70. The van der Waals surface area contributed by atoms with Gasteiger partial charge in [-0.3, -0.25) is 0 Å². The fourth-order valence-corrected chi connectivity index (χ4v) is 7.31. The van der Waals surface area contributed by atoms with E-state index in [1.54, 1.807) is 18.2 Å². The molecule has 0 aromatic heterocycles. The Morgan fingerprint density at radius 3 is 2.10 bits per heavy atom. The number of phenolic OH excluding ortho intramolecular Hbond substituents is 5. The normalized spacial score (nSPS) is 23.3. The lowest BCUT2D eigenvalue weighted by atomic mass is 9.60. The molecule has 0 aliphatic carbocycles. The molecule has 0 fully saturated rings. The van der Waals surface area contributed by atoms with Gasteiger partial charge in [0.05, 0.1) is 0 Å². The summed E-state index contributed by atoms with van der Waals surface area (Å²) in [6.07, 6.45) is 3.73. The highest BCUT2D eigenvalue weighted by Gasteiger charge is 2.53. The summed E-state index contributed by atoms with van der Waals surface area (Å²) >= 11 is 0. The Kier molecular flexibility index (Phi) is 8.43.